The molecular weight excluding hydrogens is 316 g/mol. The summed E-state index contributed by atoms with van der Waals surface area (Å²) in [6, 6.07) is 2.94. The molecule has 0 saturated carbocycles. The second-order valence-corrected chi connectivity index (χ2v) is 4.51. The monoisotopic (exact) mass is 325 g/mol. The second-order valence-electron chi connectivity index (χ2n) is 3.26. The molecule has 3 N–H and O–H groups in total. The Balaban J connectivity index is 2.53. The second kappa shape index (κ2) is 7.28. The minimum atomic E-state index is -0.710. The van der Waals surface area contributed by atoms with Gasteiger partial charge in [-0.1, -0.05) is 34.8 Å². The van der Waals surface area contributed by atoms with E-state index in [0.29, 0.717) is 10.7 Å². The molecule has 9 heteroatoms. The molecule has 0 fully saturated rings. The van der Waals surface area contributed by atoms with Gasteiger partial charge in [0.1, 0.15) is 6.54 Å². The number of hydrogen-bond donors (Lipinski definition) is 3. The van der Waals surface area contributed by atoms with Crippen molar-refractivity contribution in [3.05, 3.63) is 27.2 Å². The van der Waals surface area contributed by atoms with Crippen molar-refractivity contribution in [3.63, 3.8) is 0 Å². The van der Waals surface area contributed by atoms with Crippen molar-refractivity contribution in [3.8, 4) is 0 Å². The lowest BCUT2D eigenvalue weighted by atomic mass is 10.3. The number of benzene rings is 1. The maximum atomic E-state index is 11.4. The molecule has 0 aliphatic rings. The molecule has 0 aromatic heterocycles. The predicted octanol–water partition coefficient (Wildman–Crippen LogP) is 2.45. The molecule has 104 valence electrons. The molecule has 6 nitrogen and oxygen atoms in total. The zero-order chi connectivity index (χ0) is 14.4. The van der Waals surface area contributed by atoms with Gasteiger partial charge in [0.2, 0.25) is 0 Å². The molecule has 0 atom stereocenters. The van der Waals surface area contributed by atoms with Gasteiger partial charge in [-0.25, -0.2) is 4.79 Å². The number of ether oxygens (including phenoxy) is 1. The number of alkyl carbamates (subject to hydrolysis) is 1. The first-order valence-electron chi connectivity index (χ1n) is 4.95. The van der Waals surface area contributed by atoms with Gasteiger partial charge in [-0.05, 0) is 12.1 Å². The summed E-state index contributed by atoms with van der Waals surface area (Å²) < 4.78 is 4.31. The Morgan fingerprint density at radius 1 is 1.21 bits per heavy atom. The van der Waals surface area contributed by atoms with Gasteiger partial charge < -0.3 is 10.1 Å². The van der Waals surface area contributed by atoms with Crippen LogP contribution in [0.5, 0.6) is 0 Å². The molecule has 2 amide bonds. The fraction of sp³-hybridized carbons (Fsp3) is 0.200. The van der Waals surface area contributed by atoms with Crippen LogP contribution in [-0.2, 0) is 9.53 Å². The fourth-order valence-corrected chi connectivity index (χ4v) is 1.97. The van der Waals surface area contributed by atoms with E-state index in [1.807, 2.05) is 0 Å². The maximum absolute atomic E-state index is 11.4. The zero-order valence-electron chi connectivity index (χ0n) is 9.72. The van der Waals surface area contributed by atoms with E-state index in [0.717, 1.165) is 0 Å². The minimum absolute atomic E-state index is 0.249. The molecular formula is C10H10Cl3N3O3. The van der Waals surface area contributed by atoms with Crippen molar-refractivity contribution in [2.24, 2.45) is 0 Å². The molecule has 0 bridgehead atoms. The molecule has 0 saturated heterocycles. The predicted molar refractivity (Wildman–Crippen MR) is 73.6 cm³/mol. The van der Waals surface area contributed by atoms with Gasteiger partial charge in [0.25, 0.3) is 5.91 Å². The number of carbonyl (C=O) groups excluding carboxylic acids is 2. The van der Waals surface area contributed by atoms with Crippen molar-refractivity contribution in [1.29, 1.82) is 0 Å². The van der Waals surface area contributed by atoms with Gasteiger partial charge in [-0.15, -0.1) is 0 Å². The SMILES string of the molecule is COC(=O)NCC(=O)NNc1c(Cl)cc(Cl)cc1Cl. The van der Waals surface area contributed by atoms with Crippen molar-refractivity contribution >= 4 is 52.5 Å². The van der Waals surface area contributed by atoms with Gasteiger partial charge in [0.05, 0.1) is 22.8 Å². The number of halogens is 3. The highest BCUT2D eigenvalue weighted by atomic mass is 35.5. The van der Waals surface area contributed by atoms with Crippen molar-refractivity contribution in [1.82, 2.24) is 10.7 Å². The molecule has 1 aromatic rings. The number of carbonyl (C=O) groups is 2. The number of hydrazine groups is 1. The third-order valence-corrected chi connectivity index (χ3v) is 2.73. The van der Waals surface area contributed by atoms with E-state index >= 15 is 0 Å². The number of amides is 2. The average molecular weight is 327 g/mol. The van der Waals surface area contributed by atoms with E-state index in [-0.39, 0.29) is 16.6 Å². The van der Waals surface area contributed by atoms with Crippen LogP contribution >= 0.6 is 34.8 Å². The van der Waals surface area contributed by atoms with Crippen LogP contribution in [0.4, 0.5) is 10.5 Å². The molecule has 0 heterocycles. The maximum Gasteiger partial charge on any atom is 0.407 e. The van der Waals surface area contributed by atoms with Crippen LogP contribution < -0.4 is 16.2 Å². The smallest absolute Gasteiger partial charge is 0.407 e. The molecule has 0 aliphatic carbocycles. The highest BCUT2D eigenvalue weighted by molar-refractivity contribution is 6.41. The van der Waals surface area contributed by atoms with Crippen LogP contribution in [-0.4, -0.2) is 25.7 Å². The summed E-state index contributed by atoms with van der Waals surface area (Å²) in [7, 11) is 1.19. The Kier molecular flexibility index (Phi) is 6.01. The fourth-order valence-electron chi connectivity index (χ4n) is 1.06. The van der Waals surface area contributed by atoms with Crippen molar-refractivity contribution < 1.29 is 14.3 Å². The lowest BCUT2D eigenvalue weighted by molar-refractivity contribution is -0.119. The van der Waals surface area contributed by atoms with E-state index in [1.54, 1.807) is 0 Å². The zero-order valence-corrected chi connectivity index (χ0v) is 12.0. The summed E-state index contributed by atoms with van der Waals surface area (Å²) in [5.41, 5.74) is 5.15. The number of anilines is 1. The third-order valence-electron chi connectivity index (χ3n) is 1.91. The van der Waals surface area contributed by atoms with Gasteiger partial charge in [0, 0.05) is 5.02 Å². The highest BCUT2D eigenvalue weighted by Gasteiger charge is 2.09. The van der Waals surface area contributed by atoms with Crippen LogP contribution in [0.2, 0.25) is 15.1 Å². The van der Waals surface area contributed by atoms with E-state index in [2.05, 4.69) is 20.9 Å². The van der Waals surface area contributed by atoms with Crippen molar-refractivity contribution in [2.45, 2.75) is 0 Å². The quantitative estimate of drug-likeness (QED) is 0.743. The Bertz CT molecular complexity index is 473. The molecule has 0 aliphatic heterocycles. The Morgan fingerprint density at radius 2 is 1.79 bits per heavy atom. The van der Waals surface area contributed by atoms with E-state index in [9.17, 15) is 9.59 Å². The summed E-state index contributed by atoms with van der Waals surface area (Å²) in [6.07, 6.45) is -0.710. The highest BCUT2D eigenvalue weighted by Crippen LogP contribution is 2.32. The standard InChI is InChI=1S/C10H10Cl3N3O3/c1-19-10(18)14-4-8(17)15-16-9-6(12)2-5(11)3-7(9)13/h2-3,16H,4H2,1H3,(H,14,18)(H,15,17). The van der Waals surface area contributed by atoms with E-state index < -0.39 is 12.0 Å². The van der Waals surface area contributed by atoms with E-state index in [4.69, 9.17) is 34.8 Å². The van der Waals surface area contributed by atoms with Crippen LogP contribution in [0.15, 0.2) is 12.1 Å². The average Bonchev–Trinajstić information content (AvgIpc) is 2.34. The summed E-state index contributed by atoms with van der Waals surface area (Å²) in [6.45, 7) is -0.261. The topological polar surface area (TPSA) is 79.5 Å². The first kappa shape index (κ1) is 15.7. The minimum Gasteiger partial charge on any atom is -0.453 e. The summed E-state index contributed by atoms with van der Waals surface area (Å²) in [5, 5.41) is 3.08. The Morgan fingerprint density at radius 3 is 2.32 bits per heavy atom. The summed E-state index contributed by atoms with van der Waals surface area (Å²) >= 11 is 17.5. The molecule has 1 aromatic carbocycles. The van der Waals surface area contributed by atoms with Crippen LogP contribution in [0, 0.1) is 0 Å². The number of methoxy groups -OCH3 is 1. The Labute approximate surface area is 124 Å². The molecule has 0 unspecified atom stereocenters. The van der Waals surface area contributed by atoms with Gasteiger partial charge in [-0.2, -0.15) is 0 Å². The summed E-state index contributed by atoms with van der Waals surface area (Å²) in [5.74, 6) is -0.507. The molecule has 1 rings (SSSR count). The number of nitrogens with one attached hydrogen (secondary N) is 3. The first-order valence-corrected chi connectivity index (χ1v) is 6.08. The molecule has 19 heavy (non-hydrogen) atoms. The third kappa shape index (κ3) is 5.02. The largest absolute Gasteiger partial charge is 0.453 e. The Hall–Kier alpha value is -1.37. The van der Waals surface area contributed by atoms with E-state index in [1.165, 1.54) is 19.2 Å². The molecule has 0 radical (unpaired) electrons. The lowest BCUT2D eigenvalue weighted by Gasteiger charge is -2.12. The van der Waals surface area contributed by atoms with Crippen LogP contribution in [0.3, 0.4) is 0 Å². The van der Waals surface area contributed by atoms with Gasteiger partial charge in [-0.3, -0.25) is 15.6 Å². The van der Waals surface area contributed by atoms with Crippen molar-refractivity contribution in [2.75, 3.05) is 19.1 Å². The lowest BCUT2D eigenvalue weighted by Crippen LogP contribution is -2.39. The summed E-state index contributed by atoms with van der Waals surface area (Å²) in [4.78, 5) is 22.1. The van der Waals surface area contributed by atoms with Crippen LogP contribution in [0.1, 0.15) is 0 Å². The van der Waals surface area contributed by atoms with Gasteiger partial charge in [0.15, 0.2) is 0 Å². The first-order chi connectivity index (χ1) is 8.93. The normalized spacial score (nSPS) is 9.68. The van der Waals surface area contributed by atoms with Gasteiger partial charge >= 0.3 is 6.09 Å². The molecule has 0 spiro atoms. The van der Waals surface area contributed by atoms with Crippen LogP contribution in [0.25, 0.3) is 0 Å². The number of hydrogen-bond acceptors (Lipinski definition) is 4. The number of rotatable bonds is 4.